The van der Waals surface area contributed by atoms with Gasteiger partial charge in [-0.05, 0) is 52.3 Å². The monoisotopic (exact) mass is 368 g/mol. The van der Waals surface area contributed by atoms with Crippen molar-refractivity contribution in [3.05, 3.63) is 71.5 Å². The fourth-order valence-electron chi connectivity index (χ4n) is 2.54. The Kier molecular flexibility index (Phi) is 3.38. The summed E-state index contributed by atoms with van der Waals surface area (Å²) in [6.07, 6.45) is 3.64. The highest BCUT2D eigenvalue weighted by Gasteiger charge is 2.17. The van der Waals surface area contributed by atoms with Gasteiger partial charge in [0.25, 0.3) is 0 Å². The molecule has 0 aliphatic heterocycles. The number of halogens is 2. The highest BCUT2D eigenvalue weighted by Crippen LogP contribution is 2.32. The molecular weight excluding hydrogens is 359 g/mol. The van der Waals surface area contributed by atoms with E-state index in [0.29, 0.717) is 11.4 Å². The van der Waals surface area contributed by atoms with Crippen molar-refractivity contribution in [2.45, 2.75) is 0 Å². The topological polar surface area (TPSA) is 43.1 Å². The molecule has 0 N–H and O–H groups in total. The van der Waals surface area contributed by atoms with E-state index in [1.54, 1.807) is 18.3 Å². The van der Waals surface area contributed by atoms with Crippen molar-refractivity contribution in [2.75, 3.05) is 0 Å². The molecule has 0 saturated heterocycles. The lowest BCUT2D eigenvalue weighted by atomic mass is 10.1. The van der Waals surface area contributed by atoms with Gasteiger partial charge in [0.1, 0.15) is 15.9 Å². The first-order valence-corrected chi connectivity index (χ1v) is 7.73. The predicted molar refractivity (Wildman–Crippen MR) is 89.3 cm³/mol. The zero-order valence-corrected chi connectivity index (χ0v) is 13.4. The minimum atomic E-state index is -0.526. The largest absolute Gasteiger partial charge is 0.299 e. The quantitative estimate of drug-likeness (QED) is 0.493. The Bertz CT molecular complexity index is 1010. The molecule has 4 heterocycles. The summed E-state index contributed by atoms with van der Waals surface area (Å²) in [7, 11) is 0. The van der Waals surface area contributed by atoms with Crippen LogP contribution in [-0.2, 0) is 0 Å². The Hall–Kier alpha value is -2.60. The van der Waals surface area contributed by atoms with Crippen LogP contribution in [-0.4, -0.2) is 19.4 Å². The molecule has 0 amide bonds. The van der Waals surface area contributed by atoms with Crippen molar-refractivity contribution in [1.29, 1.82) is 0 Å². The molecule has 0 atom stereocenters. The molecule has 4 aromatic rings. The number of nitrogens with zero attached hydrogens (tertiary/aromatic N) is 4. The number of rotatable bonds is 2. The second-order valence-corrected chi connectivity index (χ2v) is 5.76. The molecule has 0 bridgehead atoms. The van der Waals surface area contributed by atoms with Gasteiger partial charge in [-0.25, -0.2) is 15.0 Å². The number of imidazole rings is 1. The molecule has 0 radical (unpaired) electrons. The van der Waals surface area contributed by atoms with Gasteiger partial charge in [0.15, 0.2) is 0 Å². The smallest absolute Gasteiger partial charge is 0.213 e. The zero-order valence-electron chi connectivity index (χ0n) is 11.8. The first kappa shape index (κ1) is 14.0. The standard InChI is InChI=1S/C17H10BrFN4/c18-13-10-11(7-8-20-13)17-16(12-4-3-5-14(19)21-12)22-15-6-1-2-9-23(15)17/h1-10H. The SMILES string of the molecule is Fc1cccc(-c2nc3ccccn3c2-c2ccnc(Br)c2)n1. The van der Waals surface area contributed by atoms with Crippen LogP contribution in [0.2, 0.25) is 0 Å². The molecule has 6 heteroatoms. The van der Waals surface area contributed by atoms with Crippen molar-refractivity contribution in [1.82, 2.24) is 19.4 Å². The summed E-state index contributed by atoms with van der Waals surface area (Å²) >= 11 is 3.39. The molecule has 0 saturated carbocycles. The number of hydrogen-bond donors (Lipinski definition) is 0. The second kappa shape index (κ2) is 5.55. The van der Waals surface area contributed by atoms with Crippen LogP contribution in [0.3, 0.4) is 0 Å². The fourth-order valence-corrected chi connectivity index (χ4v) is 2.91. The van der Waals surface area contributed by atoms with Gasteiger partial charge in [0.2, 0.25) is 5.95 Å². The van der Waals surface area contributed by atoms with Gasteiger partial charge in [0, 0.05) is 18.0 Å². The van der Waals surface area contributed by atoms with Crippen molar-refractivity contribution in [3.8, 4) is 22.6 Å². The van der Waals surface area contributed by atoms with Crippen LogP contribution in [0.4, 0.5) is 4.39 Å². The molecule has 4 nitrogen and oxygen atoms in total. The van der Waals surface area contributed by atoms with Crippen LogP contribution in [0.25, 0.3) is 28.3 Å². The Labute approximate surface area is 139 Å². The summed E-state index contributed by atoms with van der Waals surface area (Å²) in [6.45, 7) is 0. The third-order valence-corrected chi connectivity index (χ3v) is 3.92. The van der Waals surface area contributed by atoms with Gasteiger partial charge in [-0.2, -0.15) is 4.39 Å². The van der Waals surface area contributed by atoms with Crippen LogP contribution in [0.15, 0.2) is 65.5 Å². The Morgan fingerprint density at radius 2 is 1.91 bits per heavy atom. The van der Waals surface area contributed by atoms with E-state index in [-0.39, 0.29) is 0 Å². The third-order valence-electron chi connectivity index (χ3n) is 3.49. The van der Waals surface area contributed by atoms with Crippen LogP contribution in [0, 0.1) is 5.95 Å². The predicted octanol–water partition coefficient (Wildman–Crippen LogP) is 4.36. The van der Waals surface area contributed by atoms with E-state index >= 15 is 0 Å². The van der Waals surface area contributed by atoms with Crippen molar-refractivity contribution >= 4 is 21.6 Å². The Morgan fingerprint density at radius 3 is 2.74 bits per heavy atom. The van der Waals surface area contributed by atoms with E-state index in [4.69, 9.17) is 0 Å². The maximum atomic E-state index is 13.5. The van der Waals surface area contributed by atoms with Gasteiger partial charge >= 0.3 is 0 Å². The summed E-state index contributed by atoms with van der Waals surface area (Å²) < 4.78 is 16.2. The molecule has 23 heavy (non-hydrogen) atoms. The van der Waals surface area contributed by atoms with Gasteiger partial charge in [0.05, 0.1) is 11.4 Å². The molecule has 4 rings (SSSR count). The van der Waals surface area contributed by atoms with E-state index in [0.717, 1.165) is 21.5 Å². The van der Waals surface area contributed by atoms with E-state index < -0.39 is 5.95 Å². The average Bonchev–Trinajstić information content (AvgIpc) is 2.94. The molecule has 0 aliphatic carbocycles. The number of fused-ring (bicyclic) bond motifs is 1. The molecule has 0 aromatic carbocycles. The maximum Gasteiger partial charge on any atom is 0.213 e. The van der Waals surface area contributed by atoms with Crippen LogP contribution < -0.4 is 0 Å². The highest BCUT2D eigenvalue weighted by molar-refractivity contribution is 9.10. The summed E-state index contributed by atoms with van der Waals surface area (Å²) in [6, 6.07) is 14.3. The third kappa shape index (κ3) is 2.51. The number of pyridine rings is 3. The second-order valence-electron chi connectivity index (χ2n) is 4.95. The summed E-state index contributed by atoms with van der Waals surface area (Å²) in [4.78, 5) is 12.8. The minimum absolute atomic E-state index is 0.497. The van der Waals surface area contributed by atoms with Crippen LogP contribution in [0.5, 0.6) is 0 Å². The highest BCUT2D eigenvalue weighted by atomic mass is 79.9. The van der Waals surface area contributed by atoms with E-state index in [9.17, 15) is 4.39 Å². The van der Waals surface area contributed by atoms with E-state index in [1.807, 2.05) is 40.9 Å². The number of aromatic nitrogens is 4. The molecule has 0 aliphatic rings. The lowest BCUT2D eigenvalue weighted by molar-refractivity contribution is 0.585. The summed E-state index contributed by atoms with van der Waals surface area (Å²) in [5.41, 5.74) is 3.68. The lowest BCUT2D eigenvalue weighted by Crippen LogP contribution is -1.92. The molecule has 0 fully saturated rings. The molecule has 0 spiro atoms. The van der Waals surface area contributed by atoms with Crippen LogP contribution in [0.1, 0.15) is 0 Å². The van der Waals surface area contributed by atoms with Crippen molar-refractivity contribution < 1.29 is 4.39 Å². The average molecular weight is 369 g/mol. The van der Waals surface area contributed by atoms with E-state index in [2.05, 4.69) is 30.9 Å². The fraction of sp³-hybridized carbons (Fsp3) is 0. The zero-order chi connectivity index (χ0) is 15.8. The van der Waals surface area contributed by atoms with Gasteiger partial charge < -0.3 is 0 Å². The van der Waals surface area contributed by atoms with Gasteiger partial charge in [-0.15, -0.1) is 0 Å². The lowest BCUT2D eigenvalue weighted by Gasteiger charge is -2.05. The first-order valence-electron chi connectivity index (χ1n) is 6.94. The molecule has 112 valence electrons. The number of hydrogen-bond acceptors (Lipinski definition) is 3. The Morgan fingerprint density at radius 1 is 1.00 bits per heavy atom. The van der Waals surface area contributed by atoms with E-state index in [1.165, 1.54) is 6.07 Å². The van der Waals surface area contributed by atoms with Crippen molar-refractivity contribution in [3.63, 3.8) is 0 Å². The van der Waals surface area contributed by atoms with Crippen LogP contribution >= 0.6 is 15.9 Å². The molecule has 4 aromatic heterocycles. The minimum Gasteiger partial charge on any atom is -0.299 e. The molecule has 0 unspecified atom stereocenters. The maximum absolute atomic E-state index is 13.5. The first-order chi connectivity index (χ1) is 11.2. The van der Waals surface area contributed by atoms with Gasteiger partial charge in [-0.1, -0.05) is 12.1 Å². The Balaban J connectivity index is 2.06. The van der Waals surface area contributed by atoms with Gasteiger partial charge in [-0.3, -0.25) is 4.40 Å². The molecular formula is C17H10BrFN4. The normalized spacial score (nSPS) is 11.0. The summed E-state index contributed by atoms with van der Waals surface area (Å²) in [5.74, 6) is -0.526. The van der Waals surface area contributed by atoms with Crippen molar-refractivity contribution in [2.24, 2.45) is 0 Å². The summed E-state index contributed by atoms with van der Waals surface area (Å²) in [5, 5.41) is 0.